The maximum Gasteiger partial charge on any atom is 0.0693 e. The van der Waals surface area contributed by atoms with Crippen molar-refractivity contribution in [2.45, 2.75) is 64.0 Å². The fraction of sp³-hybridized carbons (Fsp3) is 1.00. The number of aliphatic hydroxyl groups is 1. The van der Waals surface area contributed by atoms with Gasteiger partial charge in [-0.2, -0.15) is 0 Å². The first kappa shape index (κ1) is 13.9. The Kier molecular flexibility index (Phi) is 7.81. The van der Waals surface area contributed by atoms with Gasteiger partial charge in [-0.3, -0.25) is 0 Å². The lowest BCUT2D eigenvalue weighted by molar-refractivity contribution is 0.0867. The summed E-state index contributed by atoms with van der Waals surface area (Å²) in [6, 6.07) is 0.324. The molecule has 0 heterocycles. The lowest BCUT2D eigenvalue weighted by atomic mass is 9.92. The number of aliphatic hydroxyl groups excluding tert-OH is 1. The van der Waals surface area contributed by atoms with Crippen LogP contribution >= 0.6 is 0 Å². The number of nitrogens with one attached hydrogen (secondary N) is 1. The van der Waals surface area contributed by atoms with Crippen LogP contribution in [0, 0.1) is 0 Å². The Labute approximate surface area is 99.6 Å². The molecule has 1 aliphatic rings. The molecule has 0 aromatic carbocycles. The van der Waals surface area contributed by atoms with Crippen molar-refractivity contribution < 1.29 is 9.84 Å². The molecule has 0 bridgehead atoms. The van der Waals surface area contributed by atoms with E-state index >= 15 is 0 Å². The second kappa shape index (κ2) is 8.97. The predicted octanol–water partition coefficient (Wildman–Crippen LogP) is 2.09. The maximum atomic E-state index is 9.75. The molecule has 96 valence electrons. The van der Waals surface area contributed by atoms with Crippen molar-refractivity contribution >= 4 is 0 Å². The Bertz CT molecular complexity index is 164. The minimum Gasteiger partial charge on any atom is -0.392 e. The van der Waals surface area contributed by atoms with Gasteiger partial charge in [0, 0.05) is 19.3 Å². The molecule has 16 heavy (non-hydrogen) atoms. The first-order valence-corrected chi connectivity index (χ1v) is 6.83. The van der Waals surface area contributed by atoms with Crippen molar-refractivity contribution in [3.8, 4) is 0 Å². The number of hydrogen-bond acceptors (Lipinski definition) is 3. The molecule has 1 saturated carbocycles. The summed E-state index contributed by atoms with van der Waals surface area (Å²) in [6.45, 7) is 4.88. The summed E-state index contributed by atoms with van der Waals surface area (Å²) in [4.78, 5) is 0. The fourth-order valence-electron chi connectivity index (χ4n) is 2.16. The summed E-state index contributed by atoms with van der Waals surface area (Å²) in [5, 5.41) is 13.2. The van der Waals surface area contributed by atoms with E-state index in [-0.39, 0.29) is 6.10 Å². The number of rotatable bonds is 8. The van der Waals surface area contributed by atoms with Crippen molar-refractivity contribution in [2.75, 3.05) is 19.8 Å². The van der Waals surface area contributed by atoms with Crippen LogP contribution < -0.4 is 5.32 Å². The quantitative estimate of drug-likeness (QED) is 0.626. The number of ether oxygens (including phenoxy) is 1. The third-order valence-electron chi connectivity index (χ3n) is 3.24. The van der Waals surface area contributed by atoms with Gasteiger partial charge in [0.25, 0.3) is 0 Å². The van der Waals surface area contributed by atoms with E-state index in [9.17, 15) is 5.11 Å². The van der Waals surface area contributed by atoms with Crippen LogP contribution in [0.25, 0.3) is 0 Å². The zero-order valence-electron chi connectivity index (χ0n) is 10.6. The summed E-state index contributed by atoms with van der Waals surface area (Å²) in [5.74, 6) is 0. The Hall–Kier alpha value is -0.120. The van der Waals surface area contributed by atoms with Crippen LogP contribution in [0.1, 0.15) is 51.9 Å². The molecule has 0 aromatic heterocycles. The molecule has 2 unspecified atom stereocenters. The molecule has 1 fully saturated rings. The van der Waals surface area contributed by atoms with Crippen molar-refractivity contribution in [3.63, 3.8) is 0 Å². The van der Waals surface area contributed by atoms with Gasteiger partial charge in [0.1, 0.15) is 0 Å². The van der Waals surface area contributed by atoms with E-state index in [1.54, 1.807) is 0 Å². The van der Waals surface area contributed by atoms with Gasteiger partial charge in [-0.1, -0.05) is 26.2 Å². The molecule has 0 spiro atoms. The van der Waals surface area contributed by atoms with Crippen LogP contribution in [-0.4, -0.2) is 37.0 Å². The third-order valence-corrected chi connectivity index (χ3v) is 3.24. The third kappa shape index (κ3) is 5.83. The first-order valence-electron chi connectivity index (χ1n) is 6.83. The van der Waals surface area contributed by atoms with Crippen molar-refractivity contribution in [2.24, 2.45) is 0 Å². The van der Waals surface area contributed by atoms with Crippen LogP contribution in [0.2, 0.25) is 0 Å². The summed E-state index contributed by atoms with van der Waals surface area (Å²) in [6.07, 6.45) is 7.80. The van der Waals surface area contributed by atoms with Gasteiger partial charge in [-0.05, 0) is 32.2 Å². The van der Waals surface area contributed by atoms with Crippen LogP contribution in [-0.2, 0) is 4.74 Å². The van der Waals surface area contributed by atoms with Crippen LogP contribution in [0.15, 0.2) is 0 Å². The van der Waals surface area contributed by atoms with E-state index in [0.717, 1.165) is 45.4 Å². The molecular formula is C13H27NO2. The summed E-state index contributed by atoms with van der Waals surface area (Å²) in [7, 11) is 0. The van der Waals surface area contributed by atoms with Gasteiger partial charge >= 0.3 is 0 Å². The Morgan fingerprint density at radius 1 is 1.19 bits per heavy atom. The minimum absolute atomic E-state index is 0.130. The largest absolute Gasteiger partial charge is 0.392 e. The van der Waals surface area contributed by atoms with Crippen LogP contribution in [0.4, 0.5) is 0 Å². The Morgan fingerprint density at radius 2 is 1.94 bits per heavy atom. The lowest BCUT2D eigenvalue weighted by Gasteiger charge is -2.28. The zero-order chi connectivity index (χ0) is 11.6. The second-order valence-corrected chi connectivity index (χ2v) is 4.73. The summed E-state index contributed by atoms with van der Waals surface area (Å²) >= 11 is 0. The molecule has 0 aromatic rings. The Morgan fingerprint density at radius 3 is 2.69 bits per heavy atom. The molecule has 0 amide bonds. The molecule has 0 radical (unpaired) electrons. The SMILES string of the molecule is CCCCOCCCNC1CCCCC1O. The molecule has 3 nitrogen and oxygen atoms in total. The average Bonchev–Trinajstić information content (AvgIpc) is 2.30. The molecule has 1 rings (SSSR count). The molecule has 2 atom stereocenters. The summed E-state index contributed by atoms with van der Waals surface area (Å²) in [5.41, 5.74) is 0. The smallest absolute Gasteiger partial charge is 0.0693 e. The van der Waals surface area contributed by atoms with E-state index in [2.05, 4.69) is 12.2 Å². The van der Waals surface area contributed by atoms with Gasteiger partial charge in [0.05, 0.1) is 6.10 Å². The average molecular weight is 229 g/mol. The topological polar surface area (TPSA) is 41.5 Å². The molecule has 0 saturated heterocycles. The van der Waals surface area contributed by atoms with Gasteiger partial charge in [0.2, 0.25) is 0 Å². The van der Waals surface area contributed by atoms with Crippen molar-refractivity contribution in [1.82, 2.24) is 5.32 Å². The van der Waals surface area contributed by atoms with E-state index in [1.165, 1.54) is 19.3 Å². The van der Waals surface area contributed by atoms with E-state index in [1.807, 2.05) is 0 Å². The lowest BCUT2D eigenvalue weighted by Crippen LogP contribution is -2.42. The van der Waals surface area contributed by atoms with E-state index in [0.29, 0.717) is 6.04 Å². The highest BCUT2D eigenvalue weighted by Gasteiger charge is 2.21. The fourth-order valence-corrected chi connectivity index (χ4v) is 2.16. The highest BCUT2D eigenvalue weighted by Crippen LogP contribution is 2.18. The van der Waals surface area contributed by atoms with Crippen LogP contribution in [0.3, 0.4) is 0 Å². The van der Waals surface area contributed by atoms with Gasteiger partial charge in [0.15, 0.2) is 0 Å². The molecule has 1 aliphatic carbocycles. The van der Waals surface area contributed by atoms with Crippen molar-refractivity contribution in [1.29, 1.82) is 0 Å². The molecular weight excluding hydrogens is 202 g/mol. The van der Waals surface area contributed by atoms with Crippen LogP contribution in [0.5, 0.6) is 0 Å². The number of unbranched alkanes of at least 4 members (excludes halogenated alkanes) is 1. The second-order valence-electron chi connectivity index (χ2n) is 4.73. The van der Waals surface area contributed by atoms with Gasteiger partial charge in [-0.15, -0.1) is 0 Å². The highest BCUT2D eigenvalue weighted by molar-refractivity contribution is 4.79. The maximum absolute atomic E-state index is 9.75. The summed E-state index contributed by atoms with van der Waals surface area (Å²) < 4.78 is 5.49. The van der Waals surface area contributed by atoms with Gasteiger partial charge < -0.3 is 15.2 Å². The molecule has 3 heteroatoms. The van der Waals surface area contributed by atoms with Crippen molar-refractivity contribution in [3.05, 3.63) is 0 Å². The monoisotopic (exact) mass is 229 g/mol. The van der Waals surface area contributed by atoms with Gasteiger partial charge in [-0.25, -0.2) is 0 Å². The Balaban J connectivity index is 1.90. The highest BCUT2D eigenvalue weighted by atomic mass is 16.5. The number of hydrogen-bond donors (Lipinski definition) is 2. The molecule has 2 N–H and O–H groups in total. The molecule has 0 aliphatic heterocycles. The van der Waals surface area contributed by atoms with E-state index < -0.39 is 0 Å². The first-order chi connectivity index (χ1) is 7.84. The zero-order valence-corrected chi connectivity index (χ0v) is 10.6. The standard InChI is InChI=1S/C13H27NO2/c1-2-3-10-16-11-6-9-14-12-7-4-5-8-13(12)15/h12-15H,2-11H2,1H3. The minimum atomic E-state index is -0.130. The predicted molar refractivity (Wildman–Crippen MR) is 66.6 cm³/mol. The normalized spacial score (nSPS) is 25.9. The van der Waals surface area contributed by atoms with E-state index in [4.69, 9.17) is 4.74 Å².